The molecule has 0 aliphatic rings. The molecule has 3 N–H and O–H groups in total. The number of nitrogens with two attached hydrogens (primary N) is 1. The zero-order chi connectivity index (χ0) is 15.6. The van der Waals surface area contributed by atoms with E-state index in [1.807, 2.05) is 13.8 Å². The number of H-pyrrole nitrogens is 1. The van der Waals surface area contributed by atoms with Gasteiger partial charge >= 0.3 is 6.18 Å². The number of aromatic amines is 1. The minimum Gasteiger partial charge on any atom is -0.342 e. The van der Waals surface area contributed by atoms with Crippen LogP contribution >= 0.6 is 0 Å². The Morgan fingerprint density at radius 3 is 2.57 bits per heavy atom. The Balaban J connectivity index is 2.34. The third-order valence-electron chi connectivity index (χ3n) is 3.51. The number of aromatic nitrogens is 2. The van der Waals surface area contributed by atoms with Gasteiger partial charge in [0.25, 0.3) is 0 Å². The molecule has 0 aliphatic carbocycles. The molecule has 0 saturated carbocycles. The van der Waals surface area contributed by atoms with Crippen LogP contribution in [0.4, 0.5) is 13.2 Å². The number of benzene rings is 1. The molecule has 1 aromatic heterocycles. The summed E-state index contributed by atoms with van der Waals surface area (Å²) >= 11 is 0. The number of rotatable bonds is 4. The highest BCUT2D eigenvalue weighted by atomic mass is 19.4. The van der Waals surface area contributed by atoms with Gasteiger partial charge in [-0.2, -0.15) is 13.2 Å². The van der Waals surface area contributed by atoms with Gasteiger partial charge in [-0.25, -0.2) is 4.98 Å². The lowest BCUT2D eigenvalue weighted by atomic mass is 9.95. The van der Waals surface area contributed by atoms with E-state index < -0.39 is 11.7 Å². The summed E-state index contributed by atoms with van der Waals surface area (Å²) in [5.74, 6) is 1.07. The summed E-state index contributed by atoms with van der Waals surface area (Å²) in [5.41, 5.74) is 6.08. The molecule has 0 aliphatic heterocycles. The quantitative estimate of drug-likeness (QED) is 0.902. The third kappa shape index (κ3) is 3.44. The highest BCUT2D eigenvalue weighted by Gasteiger charge is 2.30. The molecule has 0 spiro atoms. The summed E-state index contributed by atoms with van der Waals surface area (Å²) in [6.45, 7) is 4.50. The SMILES string of the molecule is CC(C)C(CN)c1ncc(-c2cccc(C(F)(F)F)c2)[nH]1. The maximum Gasteiger partial charge on any atom is 0.416 e. The van der Waals surface area contributed by atoms with Crippen LogP contribution in [-0.4, -0.2) is 16.5 Å². The first kappa shape index (κ1) is 15.6. The molecule has 1 heterocycles. The van der Waals surface area contributed by atoms with Crippen molar-refractivity contribution in [3.05, 3.63) is 41.9 Å². The van der Waals surface area contributed by atoms with Crippen LogP contribution in [0.5, 0.6) is 0 Å². The van der Waals surface area contributed by atoms with Gasteiger partial charge in [0.15, 0.2) is 0 Å². The summed E-state index contributed by atoms with van der Waals surface area (Å²) in [5, 5.41) is 0. The summed E-state index contributed by atoms with van der Waals surface area (Å²) in [4.78, 5) is 7.34. The largest absolute Gasteiger partial charge is 0.416 e. The number of alkyl halides is 3. The van der Waals surface area contributed by atoms with Crippen molar-refractivity contribution in [2.45, 2.75) is 25.9 Å². The first-order chi connectivity index (χ1) is 9.82. The number of hydrogen-bond acceptors (Lipinski definition) is 2. The van der Waals surface area contributed by atoms with Crippen LogP contribution < -0.4 is 5.73 Å². The van der Waals surface area contributed by atoms with E-state index in [1.54, 1.807) is 12.3 Å². The van der Waals surface area contributed by atoms with E-state index in [-0.39, 0.29) is 5.92 Å². The normalized spacial score (nSPS) is 13.7. The van der Waals surface area contributed by atoms with Crippen LogP contribution in [-0.2, 0) is 6.18 Å². The van der Waals surface area contributed by atoms with Crippen molar-refractivity contribution in [2.24, 2.45) is 11.7 Å². The molecular formula is C15H18F3N3. The first-order valence-corrected chi connectivity index (χ1v) is 6.75. The standard InChI is InChI=1S/C15H18F3N3/c1-9(2)12(7-19)14-20-8-13(21-14)10-4-3-5-11(6-10)15(16,17)18/h3-6,8-9,12H,7,19H2,1-2H3,(H,20,21). The summed E-state index contributed by atoms with van der Waals surface area (Å²) < 4.78 is 38.2. The lowest BCUT2D eigenvalue weighted by Crippen LogP contribution is -2.19. The van der Waals surface area contributed by atoms with Gasteiger partial charge in [0, 0.05) is 18.0 Å². The minimum absolute atomic E-state index is 0.0598. The van der Waals surface area contributed by atoms with Crippen LogP contribution in [0.2, 0.25) is 0 Å². The molecule has 1 atom stereocenters. The monoisotopic (exact) mass is 297 g/mol. The molecule has 0 fully saturated rings. The molecule has 0 radical (unpaired) electrons. The van der Waals surface area contributed by atoms with Crippen molar-refractivity contribution in [2.75, 3.05) is 6.54 Å². The van der Waals surface area contributed by atoms with Gasteiger partial charge in [-0.05, 0) is 18.1 Å². The van der Waals surface area contributed by atoms with Crippen LogP contribution in [0.1, 0.15) is 31.2 Å². The average molecular weight is 297 g/mol. The summed E-state index contributed by atoms with van der Waals surface area (Å²) in [6.07, 6.45) is -2.80. The van der Waals surface area contributed by atoms with E-state index in [4.69, 9.17) is 5.73 Å². The number of halogens is 3. The molecule has 2 rings (SSSR count). The van der Waals surface area contributed by atoms with Gasteiger partial charge in [0.2, 0.25) is 0 Å². The Labute approximate surface area is 121 Å². The average Bonchev–Trinajstić information content (AvgIpc) is 2.88. The van der Waals surface area contributed by atoms with Gasteiger partial charge in [-0.1, -0.05) is 26.0 Å². The van der Waals surface area contributed by atoms with Crippen molar-refractivity contribution < 1.29 is 13.2 Å². The number of hydrogen-bond donors (Lipinski definition) is 2. The molecule has 6 heteroatoms. The van der Waals surface area contributed by atoms with E-state index in [0.29, 0.717) is 29.5 Å². The number of nitrogens with one attached hydrogen (secondary N) is 1. The van der Waals surface area contributed by atoms with Crippen molar-refractivity contribution >= 4 is 0 Å². The maximum absolute atomic E-state index is 12.7. The fraction of sp³-hybridized carbons (Fsp3) is 0.400. The van der Waals surface area contributed by atoms with Crippen LogP contribution in [0.25, 0.3) is 11.3 Å². The fourth-order valence-electron chi connectivity index (χ4n) is 2.23. The first-order valence-electron chi connectivity index (χ1n) is 6.75. The Hall–Kier alpha value is -1.82. The molecule has 0 bridgehead atoms. The van der Waals surface area contributed by atoms with Gasteiger partial charge < -0.3 is 10.7 Å². The Morgan fingerprint density at radius 2 is 2.00 bits per heavy atom. The highest BCUT2D eigenvalue weighted by Crippen LogP contribution is 2.32. The predicted octanol–water partition coefficient (Wildman–Crippen LogP) is 3.79. The second-order valence-corrected chi connectivity index (χ2v) is 5.35. The molecule has 21 heavy (non-hydrogen) atoms. The van der Waals surface area contributed by atoms with Gasteiger partial charge in [0.05, 0.1) is 17.5 Å². The van der Waals surface area contributed by atoms with Crippen LogP contribution in [0.3, 0.4) is 0 Å². The minimum atomic E-state index is -4.35. The Morgan fingerprint density at radius 1 is 1.29 bits per heavy atom. The van der Waals surface area contributed by atoms with E-state index in [2.05, 4.69) is 9.97 Å². The number of nitrogens with zero attached hydrogens (tertiary/aromatic N) is 1. The second kappa shape index (κ2) is 5.89. The Bertz CT molecular complexity index is 602. The lowest BCUT2D eigenvalue weighted by molar-refractivity contribution is -0.137. The highest BCUT2D eigenvalue weighted by molar-refractivity contribution is 5.59. The Kier molecular flexibility index (Phi) is 4.37. The zero-order valence-electron chi connectivity index (χ0n) is 11.9. The van der Waals surface area contributed by atoms with Gasteiger partial charge in [0.1, 0.15) is 5.82 Å². The molecule has 1 aromatic carbocycles. The van der Waals surface area contributed by atoms with Crippen molar-refractivity contribution in [1.82, 2.24) is 9.97 Å². The maximum atomic E-state index is 12.7. The molecule has 0 saturated heterocycles. The molecule has 1 unspecified atom stereocenters. The lowest BCUT2D eigenvalue weighted by Gasteiger charge is -2.15. The fourth-order valence-corrected chi connectivity index (χ4v) is 2.23. The van der Waals surface area contributed by atoms with Crippen molar-refractivity contribution in [3.63, 3.8) is 0 Å². The zero-order valence-corrected chi connectivity index (χ0v) is 11.9. The molecule has 2 aromatic rings. The topological polar surface area (TPSA) is 54.7 Å². The molecule has 114 valence electrons. The molecular weight excluding hydrogens is 279 g/mol. The number of imidazole rings is 1. The van der Waals surface area contributed by atoms with E-state index >= 15 is 0 Å². The van der Waals surface area contributed by atoms with E-state index in [9.17, 15) is 13.2 Å². The predicted molar refractivity (Wildman–Crippen MR) is 75.7 cm³/mol. The van der Waals surface area contributed by atoms with Crippen molar-refractivity contribution in [3.8, 4) is 11.3 Å². The summed E-state index contributed by atoms with van der Waals surface area (Å²) in [6, 6.07) is 5.18. The molecule has 3 nitrogen and oxygen atoms in total. The summed E-state index contributed by atoms with van der Waals surface area (Å²) in [7, 11) is 0. The van der Waals surface area contributed by atoms with E-state index in [0.717, 1.165) is 12.1 Å². The van der Waals surface area contributed by atoms with Crippen molar-refractivity contribution in [1.29, 1.82) is 0 Å². The van der Waals surface area contributed by atoms with Crippen LogP contribution in [0, 0.1) is 5.92 Å². The van der Waals surface area contributed by atoms with Gasteiger partial charge in [-0.3, -0.25) is 0 Å². The van der Waals surface area contributed by atoms with E-state index in [1.165, 1.54) is 6.07 Å². The third-order valence-corrected chi connectivity index (χ3v) is 3.51. The molecule has 0 amide bonds. The van der Waals surface area contributed by atoms with Crippen LogP contribution in [0.15, 0.2) is 30.5 Å². The van der Waals surface area contributed by atoms with Gasteiger partial charge in [-0.15, -0.1) is 0 Å². The second-order valence-electron chi connectivity index (χ2n) is 5.35. The smallest absolute Gasteiger partial charge is 0.342 e.